The Kier molecular flexibility index (Phi) is 10.2. The monoisotopic (exact) mass is 721 g/mol. The zero-order chi connectivity index (χ0) is 36.3. The number of aromatic nitrogens is 4. The Labute approximate surface area is 291 Å². The van der Waals surface area contributed by atoms with Crippen LogP contribution in [0.15, 0.2) is 83.8 Å². The van der Waals surface area contributed by atoms with Crippen molar-refractivity contribution in [1.29, 1.82) is 0 Å². The standard InChI is InChI=1S/C35H34F3N7O5S/c1-21(2)45-32-28(16-39-34(42-32)40-25-15-24(36)17-44(18-25)35(47)50-19-22-9-5-3-6-10-22)41-31(33(45)46)26-13-14-27(30(38)29(26)37)43-51(48,49)20-23-11-7-4-8-12-23/h3-14,16,21,24-25,43H,15,17-20H2,1-2H3,(H,39,40,42)/t24-,25-/m0/s1. The molecule has 0 radical (unpaired) electrons. The van der Waals surface area contributed by atoms with Crippen LogP contribution in [0.5, 0.6) is 0 Å². The summed E-state index contributed by atoms with van der Waals surface area (Å²) in [6.45, 7) is 3.38. The van der Waals surface area contributed by atoms with Gasteiger partial charge in [0.1, 0.15) is 24.0 Å². The summed E-state index contributed by atoms with van der Waals surface area (Å²) in [4.78, 5) is 40.7. The molecule has 3 heterocycles. The van der Waals surface area contributed by atoms with Gasteiger partial charge in [-0.05, 0) is 37.1 Å². The molecule has 2 atom stereocenters. The molecule has 0 bridgehead atoms. The van der Waals surface area contributed by atoms with Gasteiger partial charge in [-0.15, -0.1) is 0 Å². The lowest BCUT2D eigenvalue weighted by atomic mass is 10.0. The van der Waals surface area contributed by atoms with Gasteiger partial charge < -0.3 is 15.0 Å². The number of alkyl halides is 1. The highest BCUT2D eigenvalue weighted by atomic mass is 32.2. The lowest BCUT2D eigenvalue weighted by Gasteiger charge is -2.34. The molecule has 1 saturated heterocycles. The van der Waals surface area contributed by atoms with Crippen molar-refractivity contribution in [3.05, 3.63) is 112 Å². The summed E-state index contributed by atoms with van der Waals surface area (Å²) in [6.07, 6.45) is -0.672. The number of nitrogens with one attached hydrogen (secondary N) is 2. The highest BCUT2D eigenvalue weighted by Crippen LogP contribution is 2.29. The van der Waals surface area contributed by atoms with E-state index in [1.165, 1.54) is 15.7 Å². The number of benzene rings is 3. The summed E-state index contributed by atoms with van der Waals surface area (Å²) < 4.78 is 79.6. The van der Waals surface area contributed by atoms with Gasteiger partial charge in [0.2, 0.25) is 16.0 Å². The van der Waals surface area contributed by atoms with Gasteiger partial charge in [0.25, 0.3) is 5.56 Å². The molecule has 5 aromatic rings. The van der Waals surface area contributed by atoms with Crippen molar-refractivity contribution in [1.82, 2.24) is 24.4 Å². The first kappa shape index (κ1) is 35.3. The van der Waals surface area contributed by atoms with Gasteiger partial charge in [-0.25, -0.2) is 36.4 Å². The zero-order valence-corrected chi connectivity index (χ0v) is 28.4. The lowest BCUT2D eigenvalue weighted by molar-refractivity contribution is 0.0685. The van der Waals surface area contributed by atoms with E-state index in [9.17, 15) is 22.4 Å². The summed E-state index contributed by atoms with van der Waals surface area (Å²) in [5.41, 5.74) is -0.944. The molecular weight excluding hydrogens is 687 g/mol. The normalized spacial score (nSPS) is 16.3. The summed E-state index contributed by atoms with van der Waals surface area (Å²) in [7, 11) is -4.11. The van der Waals surface area contributed by atoms with Crippen LogP contribution >= 0.6 is 0 Å². The maximum absolute atomic E-state index is 15.5. The van der Waals surface area contributed by atoms with E-state index in [1.54, 1.807) is 44.2 Å². The summed E-state index contributed by atoms with van der Waals surface area (Å²) >= 11 is 0. The van der Waals surface area contributed by atoms with Crippen LogP contribution in [0, 0.1) is 11.6 Å². The van der Waals surface area contributed by atoms with E-state index < -0.39 is 74.3 Å². The SMILES string of the molecule is CC(C)n1c(=O)c(-c2ccc(NS(=O)(=O)Cc3ccccc3)c(F)c2F)nc2cnc(N[C@H]3C[C@H](F)CN(C(=O)OCc4ccccc4)C3)nc21. The lowest BCUT2D eigenvalue weighted by Crippen LogP contribution is -2.50. The second-order valence-corrected chi connectivity index (χ2v) is 14.1. The number of rotatable bonds is 10. The summed E-state index contributed by atoms with van der Waals surface area (Å²) in [5, 5.41) is 3.03. The van der Waals surface area contributed by atoms with Crippen LogP contribution in [0.1, 0.15) is 37.4 Å². The van der Waals surface area contributed by atoms with Crippen LogP contribution in [-0.4, -0.2) is 64.2 Å². The molecule has 0 saturated carbocycles. The average Bonchev–Trinajstić information content (AvgIpc) is 3.09. The first-order valence-electron chi connectivity index (χ1n) is 16.1. The van der Waals surface area contributed by atoms with Gasteiger partial charge in [-0.3, -0.25) is 14.1 Å². The first-order chi connectivity index (χ1) is 24.4. The minimum Gasteiger partial charge on any atom is -0.445 e. The Balaban J connectivity index is 1.23. The molecule has 6 rings (SSSR count). The fraction of sp³-hybridized carbons (Fsp3) is 0.286. The van der Waals surface area contributed by atoms with Gasteiger partial charge in [0.15, 0.2) is 17.3 Å². The number of nitrogens with zero attached hydrogens (tertiary/aromatic N) is 5. The number of likely N-dealkylation sites (tertiary alicyclic amines) is 1. The molecular formula is C35H34F3N7O5S. The third-order valence-electron chi connectivity index (χ3n) is 8.15. The van der Waals surface area contributed by atoms with Crippen molar-refractivity contribution in [2.75, 3.05) is 23.1 Å². The summed E-state index contributed by atoms with van der Waals surface area (Å²) in [6, 6.07) is 18.3. The van der Waals surface area contributed by atoms with E-state index in [1.807, 2.05) is 30.3 Å². The molecule has 2 N–H and O–H groups in total. The van der Waals surface area contributed by atoms with Crippen LogP contribution in [0.25, 0.3) is 22.4 Å². The maximum Gasteiger partial charge on any atom is 0.410 e. The van der Waals surface area contributed by atoms with E-state index in [2.05, 4.69) is 25.0 Å². The quantitative estimate of drug-likeness (QED) is 0.182. The van der Waals surface area contributed by atoms with Crippen molar-refractivity contribution >= 4 is 38.9 Å². The molecule has 0 aliphatic carbocycles. The number of hydrogen-bond acceptors (Lipinski definition) is 9. The van der Waals surface area contributed by atoms with Crippen LogP contribution in [-0.2, 0) is 27.1 Å². The number of amides is 1. The minimum absolute atomic E-state index is 0.0342. The number of ether oxygens (including phenoxy) is 1. The van der Waals surface area contributed by atoms with Gasteiger partial charge in [0, 0.05) is 30.6 Å². The minimum atomic E-state index is -4.11. The predicted octanol–water partition coefficient (Wildman–Crippen LogP) is 5.82. The van der Waals surface area contributed by atoms with E-state index in [-0.39, 0.29) is 43.2 Å². The number of halogens is 3. The van der Waals surface area contributed by atoms with Crippen LogP contribution in [0.4, 0.5) is 29.6 Å². The molecule has 1 fully saturated rings. The topological polar surface area (TPSA) is 148 Å². The molecule has 2 aromatic heterocycles. The third kappa shape index (κ3) is 8.11. The van der Waals surface area contributed by atoms with Crippen LogP contribution < -0.4 is 15.6 Å². The van der Waals surface area contributed by atoms with Crippen molar-refractivity contribution < 1.29 is 31.1 Å². The molecule has 1 aliphatic heterocycles. The largest absolute Gasteiger partial charge is 0.445 e. The molecule has 16 heteroatoms. The highest BCUT2D eigenvalue weighted by Gasteiger charge is 2.32. The maximum atomic E-state index is 15.5. The van der Waals surface area contributed by atoms with E-state index in [0.29, 0.717) is 5.56 Å². The molecule has 266 valence electrons. The number of hydrogen-bond donors (Lipinski definition) is 2. The smallest absolute Gasteiger partial charge is 0.410 e. The fourth-order valence-electron chi connectivity index (χ4n) is 5.82. The van der Waals surface area contributed by atoms with Crippen LogP contribution in [0.2, 0.25) is 0 Å². The Morgan fingerprint density at radius 3 is 2.33 bits per heavy atom. The van der Waals surface area contributed by atoms with Gasteiger partial charge in [0.05, 0.1) is 24.2 Å². The summed E-state index contributed by atoms with van der Waals surface area (Å²) in [5.74, 6) is -3.41. The number of carbonyl (C=O) groups is 1. The number of carbonyl (C=O) groups excluding carboxylic acids is 1. The van der Waals surface area contributed by atoms with Crippen molar-refractivity contribution in [3.63, 3.8) is 0 Å². The van der Waals surface area contributed by atoms with Crippen molar-refractivity contribution in [2.24, 2.45) is 0 Å². The predicted molar refractivity (Wildman–Crippen MR) is 185 cm³/mol. The second-order valence-electron chi connectivity index (χ2n) is 12.4. The van der Waals surface area contributed by atoms with Crippen molar-refractivity contribution in [3.8, 4) is 11.3 Å². The molecule has 3 aromatic carbocycles. The third-order valence-corrected chi connectivity index (χ3v) is 9.39. The number of fused-ring (bicyclic) bond motifs is 1. The molecule has 51 heavy (non-hydrogen) atoms. The van der Waals surface area contributed by atoms with E-state index in [4.69, 9.17) is 4.74 Å². The first-order valence-corrected chi connectivity index (χ1v) is 17.7. The Bertz CT molecular complexity index is 2220. The zero-order valence-electron chi connectivity index (χ0n) is 27.6. The molecule has 0 spiro atoms. The van der Waals surface area contributed by atoms with Gasteiger partial charge in [-0.2, -0.15) is 4.98 Å². The van der Waals surface area contributed by atoms with E-state index in [0.717, 1.165) is 17.7 Å². The number of anilines is 2. The average molecular weight is 722 g/mol. The van der Waals surface area contributed by atoms with Gasteiger partial charge in [-0.1, -0.05) is 60.7 Å². The molecule has 12 nitrogen and oxygen atoms in total. The Hall–Kier alpha value is -5.51. The van der Waals surface area contributed by atoms with Crippen molar-refractivity contribution in [2.45, 2.75) is 50.9 Å². The number of sulfonamides is 1. The van der Waals surface area contributed by atoms with Gasteiger partial charge >= 0.3 is 6.09 Å². The fourth-order valence-corrected chi connectivity index (χ4v) is 7.01. The Morgan fingerprint density at radius 1 is 0.961 bits per heavy atom. The highest BCUT2D eigenvalue weighted by molar-refractivity contribution is 7.91. The molecule has 1 amide bonds. The second kappa shape index (κ2) is 14.8. The molecule has 0 unspecified atom stereocenters. The number of piperidine rings is 1. The molecule has 1 aliphatic rings. The Morgan fingerprint density at radius 2 is 1.65 bits per heavy atom. The van der Waals surface area contributed by atoms with E-state index >= 15 is 8.78 Å². The van der Waals surface area contributed by atoms with Crippen LogP contribution in [0.3, 0.4) is 0 Å².